The Morgan fingerprint density at radius 1 is 0.955 bits per heavy atom. The highest BCUT2D eigenvalue weighted by atomic mass is 16.7. The Bertz CT molecular complexity index is 344. The quantitative estimate of drug-likeness (QED) is 0.865. The van der Waals surface area contributed by atoms with Gasteiger partial charge in [-0.05, 0) is 30.6 Å². The van der Waals surface area contributed by atoms with Crippen LogP contribution in [0.25, 0.3) is 0 Å². The summed E-state index contributed by atoms with van der Waals surface area (Å²) in [5.41, 5.74) is 0. The molecule has 0 aromatic carbocycles. The van der Waals surface area contributed by atoms with E-state index in [0.29, 0.717) is 11.8 Å². The van der Waals surface area contributed by atoms with Crippen molar-refractivity contribution in [1.82, 2.24) is 0 Å². The molecule has 9 atom stereocenters. The Morgan fingerprint density at radius 2 is 1.59 bits per heavy atom. The molecular weight excluding hydrogens is 280 g/mol. The number of rotatable bonds is 4. The molecule has 0 aromatic rings. The maximum atomic E-state index is 10.3. The van der Waals surface area contributed by atoms with Crippen LogP contribution in [0, 0.1) is 23.7 Å². The van der Waals surface area contributed by atoms with E-state index in [2.05, 4.69) is 41.5 Å². The van der Waals surface area contributed by atoms with Crippen LogP contribution in [0.4, 0.5) is 0 Å². The standard InChI is InChI=1S/C18H34O4/c1-7-14-16(19)12(5)13(6)18(21-14)22-17-11(4)10(3)9-20-15(17)8-2/h10-19H,7-9H2,1-6H3/t10?,11-,12-,13?,14?,15?,16+,17+,18+/m1/s1. The van der Waals surface area contributed by atoms with Crippen LogP contribution < -0.4 is 0 Å². The van der Waals surface area contributed by atoms with Crippen LogP contribution in [0.2, 0.25) is 0 Å². The van der Waals surface area contributed by atoms with Gasteiger partial charge in [-0.1, -0.05) is 41.5 Å². The van der Waals surface area contributed by atoms with Gasteiger partial charge in [-0.2, -0.15) is 0 Å². The molecule has 2 fully saturated rings. The Kier molecular flexibility index (Phi) is 6.29. The second kappa shape index (κ2) is 7.61. The van der Waals surface area contributed by atoms with E-state index in [9.17, 15) is 5.11 Å². The zero-order valence-corrected chi connectivity index (χ0v) is 15.0. The van der Waals surface area contributed by atoms with Gasteiger partial charge in [0.25, 0.3) is 0 Å². The summed E-state index contributed by atoms with van der Waals surface area (Å²) >= 11 is 0. The maximum absolute atomic E-state index is 10.3. The lowest BCUT2D eigenvalue weighted by Crippen LogP contribution is -2.54. The van der Waals surface area contributed by atoms with Gasteiger partial charge in [-0.3, -0.25) is 0 Å². The molecule has 2 heterocycles. The summed E-state index contributed by atoms with van der Waals surface area (Å²) in [4.78, 5) is 0. The molecule has 0 amide bonds. The molecule has 0 radical (unpaired) electrons. The monoisotopic (exact) mass is 314 g/mol. The number of hydrogen-bond donors (Lipinski definition) is 1. The summed E-state index contributed by atoms with van der Waals surface area (Å²) in [6, 6.07) is 0. The Balaban J connectivity index is 2.09. The Morgan fingerprint density at radius 3 is 2.18 bits per heavy atom. The van der Waals surface area contributed by atoms with Crippen LogP contribution in [0.15, 0.2) is 0 Å². The lowest BCUT2D eigenvalue weighted by molar-refractivity contribution is -0.302. The van der Waals surface area contributed by atoms with Crippen molar-refractivity contribution in [3.63, 3.8) is 0 Å². The number of aliphatic hydroxyl groups excluding tert-OH is 1. The minimum Gasteiger partial charge on any atom is -0.390 e. The third-order valence-corrected chi connectivity index (χ3v) is 5.94. The van der Waals surface area contributed by atoms with Gasteiger partial charge in [-0.25, -0.2) is 0 Å². The first-order valence-corrected chi connectivity index (χ1v) is 9.01. The zero-order chi connectivity index (χ0) is 16.4. The average molecular weight is 314 g/mol. The summed E-state index contributed by atoms with van der Waals surface area (Å²) in [5.74, 6) is 1.31. The first-order valence-electron chi connectivity index (χ1n) is 9.01. The van der Waals surface area contributed by atoms with Crippen LogP contribution in [0.1, 0.15) is 54.4 Å². The van der Waals surface area contributed by atoms with Gasteiger partial charge in [0, 0.05) is 12.5 Å². The smallest absolute Gasteiger partial charge is 0.161 e. The first-order chi connectivity index (χ1) is 10.4. The highest BCUT2D eigenvalue weighted by Crippen LogP contribution is 2.37. The van der Waals surface area contributed by atoms with Crippen molar-refractivity contribution in [3.8, 4) is 0 Å². The van der Waals surface area contributed by atoms with E-state index >= 15 is 0 Å². The number of aliphatic hydroxyl groups is 1. The third kappa shape index (κ3) is 3.50. The first kappa shape index (κ1) is 18.2. The molecule has 22 heavy (non-hydrogen) atoms. The topological polar surface area (TPSA) is 47.9 Å². The van der Waals surface area contributed by atoms with Crippen molar-refractivity contribution in [3.05, 3.63) is 0 Å². The van der Waals surface area contributed by atoms with Crippen molar-refractivity contribution in [2.75, 3.05) is 6.61 Å². The fraction of sp³-hybridized carbons (Fsp3) is 1.00. The zero-order valence-electron chi connectivity index (χ0n) is 15.0. The summed E-state index contributed by atoms with van der Waals surface area (Å²) in [5, 5.41) is 10.3. The summed E-state index contributed by atoms with van der Waals surface area (Å²) in [6.45, 7) is 13.7. The van der Waals surface area contributed by atoms with Gasteiger partial charge in [0.2, 0.25) is 0 Å². The molecular formula is C18H34O4. The molecule has 2 aliphatic rings. The molecule has 4 unspecified atom stereocenters. The molecule has 0 aliphatic carbocycles. The highest BCUT2D eigenvalue weighted by Gasteiger charge is 2.44. The minimum atomic E-state index is -0.402. The predicted octanol–water partition coefficient (Wildman–Crippen LogP) is 3.22. The molecule has 4 nitrogen and oxygen atoms in total. The lowest BCUT2D eigenvalue weighted by Gasteiger charge is -2.47. The molecule has 2 saturated heterocycles. The van der Waals surface area contributed by atoms with E-state index in [1.807, 2.05) is 0 Å². The second-order valence-corrected chi connectivity index (χ2v) is 7.38. The molecule has 2 aliphatic heterocycles. The molecule has 0 bridgehead atoms. The molecule has 0 saturated carbocycles. The van der Waals surface area contributed by atoms with Crippen molar-refractivity contribution in [1.29, 1.82) is 0 Å². The maximum Gasteiger partial charge on any atom is 0.161 e. The van der Waals surface area contributed by atoms with Crippen LogP contribution in [0.5, 0.6) is 0 Å². The van der Waals surface area contributed by atoms with Crippen LogP contribution in [-0.2, 0) is 14.2 Å². The van der Waals surface area contributed by atoms with Crippen LogP contribution >= 0.6 is 0 Å². The van der Waals surface area contributed by atoms with Crippen LogP contribution in [-0.4, -0.2) is 42.4 Å². The Hall–Kier alpha value is -0.160. The molecule has 0 aromatic heterocycles. The van der Waals surface area contributed by atoms with Gasteiger partial charge < -0.3 is 19.3 Å². The summed E-state index contributed by atoms with van der Waals surface area (Å²) in [6.07, 6.45) is 1.19. The van der Waals surface area contributed by atoms with Gasteiger partial charge in [-0.15, -0.1) is 0 Å². The summed E-state index contributed by atoms with van der Waals surface area (Å²) in [7, 11) is 0. The molecule has 1 N–H and O–H groups in total. The van der Waals surface area contributed by atoms with Crippen LogP contribution in [0.3, 0.4) is 0 Å². The molecule has 0 spiro atoms. The lowest BCUT2D eigenvalue weighted by atomic mass is 9.82. The fourth-order valence-electron chi connectivity index (χ4n) is 3.67. The van der Waals surface area contributed by atoms with Crippen molar-refractivity contribution < 1.29 is 19.3 Å². The number of ether oxygens (including phenoxy) is 3. The summed E-state index contributed by atoms with van der Waals surface area (Å²) < 4.78 is 18.5. The van der Waals surface area contributed by atoms with E-state index in [1.165, 1.54) is 0 Å². The fourth-order valence-corrected chi connectivity index (χ4v) is 3.67. The third-order valence-electron chi connectivity index (χ3n) is 5.94. The number of hydrogen-bond acceptors (Lipinski definition) is 4. The Labute approximate surface area is 135 Å². The van der Waals surface area contributed by atoms with E-state index in [1.54, 1.807) is 0 Å². The molecule has 2 rings (SSSR count). The van der Waals surface area contributed by atoms with E-state index in [-0.39, 0.29) is 36.4 Å². The van der Waals surface area contributed by atoms with E-state index in [0.717, 1.165) is 19.4 Å². The van der Waals surface area contributed by atoms with Gasteiger partial charge in [0.15, 0.2) is 6.29 Å². The van der Waals surface area contributed by atoms with Crippen molar-refractivity contribution in [2.24, 2.45) is 23.7 Å². The molecule has 130 valence electrons. The predicted molar refractivity (Wildman–Crippen MR) is 86.5 cm³/mol. The second-order valence-electron chi connectivity index (χ2n) is 7.38. The van der Waals surface area contributed by atoms with E-state index in [4.69, 9.17) is 14.2 Å². The minimum absolute atomic E-state index is 0.0705. The average Bonchev–Trinajstić information content (AvgIpc) is 2.52. The van der Waals surface area contributed by atoms with Crippen molar-refractivity contribution in [2.45, 2.75) is 85.1 Å². The van der Waals surface area contributed by atoms with Gasteiger partial charge in [0.05, 0.1) is 24.4 Å². The van der Waals surface area contributed by atoms with Gasteiger partial charge in [0.1, 0.15) is 0 Å². The largest absolute Gasteiger partial charge is 0.390 e. The van der Waals surface area contributed by atoms with Gasteiger partial charge >= 0.3 is 0 Å². The normalized spacial score (nSPS) is 50.0. The highest BCUT2D eigenvalue weighted by molar-refractivity contribution is 4.88. The van der Waals surface area contributed by atoms with Crippen molar-refractivity contribution >= 4 is 0 Å². The molecule has 4 heteroatoms. The van der Waals surface area contributed by atoms with E-state index < -0.39 is 6.10 Å². The SMILES string of the molecule is CCC1O[C@@H](O[C@@H]2C(CC)OCC(C)[C@H]2C)C(C)[C@@H](C)[C@@H]1O.